The van der Waals surface area contributed by atoms with Crippen LogP contribution in [-0.4, -0.2) is 5.78 Å². The summed E-state index contributed by atoms with van der Waals surface area (Å²) < 4.78 is 0. The summed E-state index contributed by atoms with van der Waals surface area (Å²) in [6, 6.07) is 17.6. The summed E-state index contributed by atoms with van der Waals surface area (Å²) in [6.45, 7) is 2.18. The maximum absolute atomic E-state index is 11.5. The van der Waals surface area contributed by atoms with Gasteiger partial charge in [-0.15, -0.1) is 5.56 Å². The fourth-order valence-corrected chi connectivity index (χ4v) is 1.74. The van der Waals surface area contributed by atoms with Crippen molar-refractivity contribution in [2.24, 2.45) is 0 Å². The van der Waals surface area contributed by atoms with E-state index in [-0.39, 0.29) is 17.1 Å². The van der Waals surface area contributed by atoms with E-state index in [2.05, 4.69) is 6.92 Å². The van der Waals surface area contributed by atoms with Crippen LogP contribution in [-0.2, 0) is 17.1 Å². The van der Waals surface area contributed by atoms with Crippen molar-refractivity contribution in [1.29, 1.82) is 0 Å². The number of hydrogen-bond acceptors (Lipinski definition) is 1. The van der Waals surface area contributed by atoms with Gasteiger partial charge in [-0.2, -0.15) is 36.4 Å². The van der Waals surface area contributed by atoms with Gasteiger partial charge in [0, 0.05) is 0 Å². The largest absolute Gasteiger partial charge is 2.00 e. The molecule has 0 spiro atoms. The number of rotatable bonds is 6. The molecule has 2 rings (SSSR count). The van der Waals surface area contributed by atoms with E-state index in [0.29, 0.717) is 12.2 Å². The maximum Gasteiger partial charge on any atom is 2.00 e. The third-order valence-electron chi connectivity index (χ3n) is 2.80. The fraction of sp³-hybridized carbons (Fsp3) is 0.353. The molecular formula is C17H22FeO. The molecule has 0 aromatic heterocycles. The number of unbranched alkanes of at least 4 members (excludes halogenated alkanes) is 3. The Balaban J connectivity index is 0.000000454. The Bertz CT molecular complexity index is 370. The third kappa shape index (κ3) is 8.58. The van der Waals surface area contributed by atoms with Gasteiger partial charge in [0.1, 0.15) is 0 Å². The van der Waals surface area contributed by atoms with Crippen LogP contribution in [0.3, 0.4) is 0 Å². The summed E-state index contributed by atoms with van der Waals surface area (Å²) in [5, 5.41) is 0. The number of Topliss-reactive ketones (excluding diaryl/α,β-unsaturated/α-hetero) is 1. The van der Waals surface area contributed by atoms with E-state index < -0.39 is 0 Å². The predicted octanol–water partition coefficient (Wildman–Crippen LogP) is 4.96. The minimum atomic E-state index is 0. The summed E-state index contributed by atoms with van der Waals surface area (Å²) >= 11 is 0. The molecule has 19 heavy (non-hydrogen) atoms. The van der Waals surface area contributed by atoms with Crippen LogP contribution < -0.4 is 0 Å². The van der Waals surface area contributed by atoms with E-state index in [1.165, 1.54) is 19.3 Å². The molecule has 0 amide bonds. The van der Waals surface area contributed by atoms with Crippen molar-refractivity contribution in [3.63, 3.8) is 0 Å². The molecule has 0 atom stereocenters. The molecule has 0 aliphatic carbocycles. The Hall–Kier alpha value is -1.11. The van der Waals surface area contributed by atoms with Crippen LogP contribution in [0.2, 0.25) is 0 Å². The summed E-state index contributed by atoms with van der Waals surface area (Å²) in [6.07, 6.45) is 5.41. The van der Waals surface area contributed by atoms with Crippen LogP contribution in [0.5, 0.6) is 0 Å². The molecule has 2 aromatic rings. The van der Waals surface area contributed by atoms with Crippen LogP contribution in [0.4, 0.5) is 0 Å². The minimum Gasteiger partial charge on any atom is -0.310 e. The zero-order valence-corrected chi connectivity index (χ0v) is 12.6. The standard InChI is InChI=1S/C12H17O.C5H5.Fe/c1-2-3-4-5-10-12(13)11-8-6-7-9-11;1-2-4-5-3-1;/h6-9H,2-5,10H2,1H3;1-5H;/q2*-1;+2. The molecular weight excluding hydrogens is 276 g/mol. The number of ketones is 1. The van der Waals surface area contributed by atoms with Crippen molar-refractivity contribution in [2.75, 3.05) is 0 Å². The minimum absolute atomic E-state index is 0. The SMILES string of the molecule is CCCCCCC(=O)c1cc[cH-]c1.[Fe+2].c1cc[cH-]c1. The van der Waals surface area contributed by atoms with Crippen LogP contribution >= 0.6 is 0 Å². The quantitative estimate of drug-likeness (QED) is 0.319. The van der Waals surface area contributed by atoms with Crippen molar-refractivity contribution in [3.05, 3.63) is 60.2 Å². The Labute approximate surface area is 127 Å². The molecule has 0 N–H and O–H groups in total. The van der Waals surface area contributed by atoms with Crippen molar-refractivity contribution >= 4 is 5.78 Å². The first-order chi connectivity index (χ1) is 8.84. The van der Waals surface area contributed by atoms with Gasteiger partial charge in [-0.1, -0.05) is 26.2 Å². The molecule has 2 heteroatoms. The summed E-state index contributed by atoms with van der Waals surface area (Å²) in [5.74, 6) is 0.293. The van der Waals surface area contributed by atoms with E-state index in [0.717, 1.165) is 12.0 Å². The average molecular weight is 298 g/mol. The van der Waals surface area contributed by atoms with Crippen molar-refractivity contribution in [2.45, 2.75) is 39.0 Å². The third-order valence-corrected chi connectivity index (χ3v) is 2.80. The molecule has 0 aliphatic rings. The molecule has 2 aromatic carbocycles. The first-order valence-corrected chi connectivity index (χ1v) is 6.76. The topological polar surface area (TPSA) is 17.1 Å². The molecule has 0 bridgehead atoms. The second kappa shape index (κ2) is 12.0. The van der Waals surface area contributed by atoms with Gasteiger partial charge in [0.25, 0.3) is 0 Å². The Kier molecular flexibility index (Phi) is 11.3. The molecule has 0 saturated heterocycles. The summed E-state index contributed by atoms with van der Waals surface area (Å²) in [4.78, 5) is 11.5. The van der Waals surface area contributed by atoms with Crippen LogP contribution in [0.1, 0.15) is 49.4 Å². The zero-order chi connectivity index (χ0) is 13.1. The normalized spacial score (nSPS) is 9.11. The van der Waals surface area contributed by atoms with Crippen molar-refractivity contribution < 1.29 is 21.9 Å². The second-order valence-electron chi connectivity index (χ2n) is 4.37. The van der Waals surface area contributed by atoms with Crippen LogP contribution in [0.15, 0.2) is 54.6 Å². The van der Waals surface area contributed by atoms with Gasteiger partial charge in [0.15, 0.2) is 0 Å². The van der Waals surface area contributed by atoms with Crippen molar-refractivity contribution in [1.82, 2.24) is 0 Å². The Morgan fingerprint density at radius 1 is 1.05 bits per heavy atom. The predicted molar refractivity (Wildman–Crippen MR) is 77.2 cm³/mol. The molecule has 1 nitrogen and oxygen atoms in total. The van der Waals surface area contributed by atoms with Gasteiger partial charge in [-0.05, 0) is 12.8 Å². The van der Waals surface area contributed by atoms with Gasteiger partial charge in [0.2, 0.25) is 0 Å². The smallest absolute Gasteiger partial charge is 0.310 e. The van der Waals surface area contributed by atoms with E-state index in [1.807, 2.05) is 54.6 Å². The number of hydrogen-bond donors (Lipinski definition) is 0. The Morgan fingerprint density at radius 3 is 2.26 bits per heavy atom. The van der Waals surface area contributed by atoms with E-state index in [1.54, 1.807) is 0 Å². The molecule has 0 fully saturated rings. The van der Waals surface area contributed by atoms with Gasteiger partial charge in [-0.3, -0.25) is 0 Å². The summed E-state index contributed by atoms with van der Waals surface area (Å²) in [5.41, 5.74) is 0.872. The number of carbonyl (C=O) groups excluding carboxylic acids is 1. The maximum atomic E-state index is 11.5. The first kappa shape index (κ1) is 17.9. The second-order valence-corrected chi connectivity index (χ2v) is 4.37. The fourth-order valence-electron chi connectivity index (χ4n) is 1.74. The molecule has 104 valence electrons. The van der Waals surface area contributed by atoms with E-state index in [9.17, 15) is 4.79 Å². The monoisotopic (exact) mass is 298 g/mol. The van der Waals surface area contributed by atoms with E-state index >= 15 is 0 Å². The van der Waals surface area contributed by atoms with Gasteiger partial charge >= 0.3 is 17.1 Å². The van der Waals surface area contributed by atoms with Gasteiger partial charge < -0.3 is 4.79 Å². The van der Waals surface area contributed by atoms with Crippen LogP contribution in [0.25, 0.3) is 0 Å². The Morgan fingerprint density at radius 2 is 1.79 bits per heavy atom. The molecule has 0 unspecified atom stereocenters. The molecule has 0 aliphatic heterocycles. The zero-order valence-electron chi connectivity index (χ0n) is 11.5. The van der Waals surface area contributed by atoms with Gasteiger partial charge in [0.05, 0.1) is 5.78 Å². The van der Waals surface area contributed by atoms with Crippen LogP contribution in [0, 0.1) is 0 Å². The first-order valence-electron chi connectivity index (χ1n) is 6.76. The van der Waals surface area contributed by atoms with E-state index in [4.69, 9.17) is 0 Å². The molecule has 0 radical (unpaired) electrons. The molecule has 0 heterocycles. The van der Waals surface area contributed by atoms with Gasteiger partial charge in [-0.25, -0.2) is 18.2 Å². The number of carbonyl (C=O) groups is 1. The average Bonchev–Trinajstić information content (AvgIpc) is 3.09. The summed E-state index contributed by atoms with van der Waals surface area (Å²) in [7, 11) is 0. The van der Waals surface area contributed by atoms with Crippen molar-refractivity contribution in [3.8, 4) is 0 Å². The molecule has 0 saturated carbocycles.